The Morgan fingerprint density at radius 1 is 1.13 bits per heavy atom. The molecule has 0 fully saturated rings. The van der Waals surface area contributed by atoms with Crippen LogP contribution in [0.4, 0.5) is 0 Å². The lowest BCUT2D eigenvalue weighted by molar-refractivity contribution is -0.187. The summed E-state index contributed by atoms with van der Waals surface area (Å²) >= 11 is 0. The molecule has 2 N–H and O–H groups in total. The van der Waals surface area contributed by atoms with E-state index in [1.807, 2.05) is 0 Å². The number of hydrogen-bond acceptors (Lipinski definition) is 5. The van der Waals surface area contributed by atoms with Gasteiger partial charge in [-0.3, -0.25) is 9.59 Å². The van der Waals surface area contributed by atoms with Gasteiger partial charge in [-0.2, -0.15) is 0 Å². The number of rotatable bonds is 5. The molecule has 2 atom stereocenters. The highest BCUT2D eigenvalue weighted by Crippen LogP contribution is 2.03. The van der Waals surface area contributed by atoms with E-state index in [1.165, 1.54) is 6.92 Å². The van der Waals surface area contributed by atoms with E-state index in [1.54, 1.807) is 20.8 Å². The number of carbonyl (C=O) groups is 2. The normalized spacial score (nSPS) is 14.5. The van der Waals surface area contributed by atoms with Gasteiger partial charge in [0.1, 0.15) is 6.04 Å². The van der Waals surface area contributed by atoms with Gasteiger partial charge in [0.15, 0.2) is 0 Å². The first-order valence-corrected chi connectivity index (χ1v) is 5.05. The summed E-state index contributed by atoms with van der Waals surface area (Å²) < 4.78 is 9.66. The second kappa shape index (κ2) is 6.40. The van der Waals surface area contributed by atoms with Gasteiger partial charge in [0.25, 0.3) is 0 Å². The van der Waals surface area contributed by atoms with Gasteiger partial charge in [0, 0.05) is 6.92 Å². The van der Waals surface area contributed by atoms with E-state index in [9.17, 15) is 9.59 Å². The van der Waals surface area contributed by atoms with Gasteiger partial charge in [-0.25, -0.2) is 0 Å². The number of hydrogen-bond donors (Lipinski definition) is 1. The molecule has 0 saturated carbocycles. The van der Waals surface area contributed by atoms with E-state index in [-0.39, 0.29) is 5.92 Å². The van der Waals surface area contributed by atoms with Crippen molar-refractivity contribution in [1.82, 2.24) is 0 Å². The number of esters is 2. The molecular weight excluding hydrogens is 198 g/mol. The molecule has 1 unspecified atom stereocenters. The van der Waals surface area contributed by atoms with Crippen molar-refractivity contribution in [3.8, 4) is 0 Å². The molecule has 0 aliphatic heterocycles. The molecule has 0 rings (SSSR count). The fourth-order valence-electron chi connectivity index (χ4n) is 0.741. The van der Waals surface area contributed by atoms with Crippen LogP contribution in [0.25, 0.3) is 0 Å². The highest BCUT2D eigenvalue weighted by Gasteiger charge is 2.19. The van der Waals surface area contributed by atoms with Gasteiger partial charge in [-0.1, -0.05) is 20.8 Å². The predicted octanol–water partition coefficient (Wildman–Crippen LogP) is 0.812. The van der Waals surface area contributed by atoms with Crippen molar-refractivity contribution in [2.75, 3.05) is 0 Å². The lowest BCUT2D eigenvalue weighted by atomic mass is 10.2. The molecule has 0 spiro atoms. The van der Waals surface area contributed by atoms with Crippen LogP contribution in [0.5, 0.6) is 0 Å². The molecule has 0 aliphatic carbocycles. The Kier molecular flexibility index (Phi) is 5.93. The van der Waals surface area contributed by atoms with Crippen LogP contribution in [-0.2, 0) is 19.1 Å². The maximum absolute atomic E-state index is 11.2. The lowest BCUT2D eigenvalue weighted by Gasteiger charge is -2.17. The lowest BCUT2D eigenvalue weighted by Crippen LogP contribution is -2.35. The van der Waals surface area contributed by atoms with Crippen molar-refractivity contribution in [1.29, 1.82) is 0 Å². The molecule has 15 heavy (non-hydrogen) atoms. The molecule has 88 valence electrons. The zero-order valence-electron chi connectivity index (χ0n) is 9.65. The van der Waals surface area contributed by atoms with Crippen molar-refractivity contribution in [3.63, 3.8) is 0 Å². The van der Waals surface area contributed by atoms with E-state index < -0.39 is 24.3 Å². The zero-order valence-corrected chi connectivity index (χ0v) is 9.65. The Bertz CT molecular complexity index is 227. The Morgan fingerprint density at radius 3 is 2.00 bits per heavy atom. The third-order valence-electron chi connectivity index (χ3n) is 1.78. The molecule has 0 saturated heterocycles. The summed E-state index contributed by atoms with van der Waals surface area (Å²) in [6, 6.07) is -0.662. The van der Waals surface area contributed by atoms with Crippen LogP contribution in [0.1, 0.15) is 34.1 Å². The molecule has 0 aromatic rings. The second-order valence-corrected chi connectivity index (χ2v) is 3.61. The van der Waals surface area contributed by atoms with Crippen LogP contribution in [-0.4, -0.2) is 24.3 Å². The van der Waals surface area contributed by atoms with Crippen molar-refractivity contribution in [2.45, 2.75) is 46.4 Å². The first-order valence-electron chi connectivity index (χ1n) is 5.05. The molecule has 0 radical (unpaired) electrons. The molecule has 5 nitrogen and oxygen atoms in total. The van der Waals surface area contributed by atoms with Crippen LogP contribution in [0, 0.1) is 5.92 Å². The van der Waals surface area contributed by atoms with E-state index in [4.69, 9.17) is 15.2 Å². The first-order chi connectivity index (χ1) is 6.88. The summed E-state index contributed by atoms with van der Waals surface area (Å²) in [4.78, 5) is 22.3. The second-order valence-electron chi connectivity index (χ2n) is 3.61. The molecule has 0 bridgehead atoms. The summed E-state index contributed by atoms with van der Waals surface area (Å²) in [6.07, 6.45) is -0.394. The van der Waals surface area contributed by atoms with Gasteiger partial charge in [-0.05, 0) is 6.42 Å². The molecule has 0 heterocycles. The Labute approximate surface area is 89.9 Å². The van der Waals surface area contributed by atoms with Crippen molar-refractivity contribution < 1.29 is 19.1 Å². The Morgan fingerprint density at radius 2 is 1.60 bits per heavy atom. The topological polar surface area (TPSA) is 78.6 Å². The highest BCUT2D eigenvalue weighted by molar-refractivity contribution is 5.76. The first kappa shape index (κ1) is 13.9. The fraction of sp³-hybridized carbons (Fsp3) is 0.800. The van der Waals surface area contributed by atoms with E-state index in [2.05, 4.69) is 0 Å². The maximum Gasteiger partial charge on any atom is 0.325 e. The van der Waals surface area contributed by atoms with Crippen LogP contribution < -0.4 is 5.73 Å². The summed E-state index contributed by atoms with van der Waals surface area (Å²) in [5, 5.41) is 0. The summed E-state index contributed by atoms with van der Waals surface area (Å²) in [5.41, 5.74) is 5.44. The Hall–Kier alpha value is -1.10. The summed E-state index contributed by atoms with van der Waals surface area (Å²) in [6.45, 7) is 6.67. The Balaban J connectivity index is 3.98. The third kappa shape index (κ3) is 5.37. The smallest absolute Gasteiger partial charge is 0.325 e. The van der Waals surface area contributed by atoms with Crippen molar-refractivity contribution >= 4 is 11.9 Å². The average Bonchev–Trinajstić information content (AvgIpc) is 2.15. The minimum absolute atomic E-state index is 0.244. The van der Waals surface area contributed by atoms with Gasteiger partial charge in [-0.15, -0.1) is 0 Å². The molecule has 0 aromatic carbocycles. The minimum atomic E-state index is -0.884. The highest BCUT2D eigenvalue weighted by atomic mass is 16.7. The van der Waals surface area contributed by atoms with Crippen LogP contribution in [0.3, 0.4) is 0 Å². The van der Waals surface area contributed by atoms with Crippen LogP contribution >= 0.6 is 0 Å². The number of carbonyl (C=O) groups excluding carboxylic acids is 2. The quantitative estimate of drug-likeness (QED) is 0.544. The van der Waals surface area contributed by atoms with Crippen molar-refractivity contribution in [3.05, 3.63) is 0 Å². The molecule has 5 heteroatoms. The van der Waals surface area contributed by atoms with Crippen molar-refractivity contribution in [2.24, 2.45) is 11.7 Å². The molecule has 0 aromatic heterocycles. The van der Waals surface area contributed by atoms with Gasteiger partial charge >= 0.3 is 11.9 Å². The zero-order chi connectivity index (χ0) is 12.0. The largest absolute Gasteiger partial charge is 0.425 e. The maximum atomic E-state index is 11.2. The monoisotopic (exact) mass is 217 g/mol. The summed E-state index contributed by atoms with van der Waals surface area (Å²) in [7, 11) is 0. The van der Waals surface area contributed by atoms with E-state index in [0.717, 1.165) is 0 Å². The summed E-state index contributed by atoms with van der Waals surface area (Å²) in [5.74, 6) is -1.20. The van der Waals surface area contributed by atoms with Crippen LogP contribution in [0.2, 0.25) is 0 Å². The molecule has 0 amide bonds. The van der Waals surface area contributed by atoms with Crippen LogP contribution in [0.15, 0.2) is 0 Å². The SMILES string of the molecule is CC[C@H](N)C(=O)OC(C)OC(=O)C(C)C. The predicted molar refractivity (Wildman–Crippen MR) is 54.8 cm³/mol. The standard InChI is InChI=1S/C10H19NO4/c1-5-8(11)10(13)15-7(4)14-9(12)6(2)3/h6-8H,5,11H2,1-4H3/t7?,8-/m0/s1. The molecule has 0 aliphatic rings. The fourth-order valence-corrected chi connectivity index (χ4v) is 0.741. The van der Waals surface area contributed by atoms with Gasteiger partial charge in [0.05, 0.1) is 5.92 Å². The molecular formula is C10H19NO4. The third-order valence-corrected chi connectivity index (χ3v) is 1.78. The van der Waals surface area contributed by atoms with Gasteiger partial charge < -0.3 is 15.2 Å². The van der Waals surface area contributed by atoms with E-state index >= 15 is 0 Å². The van der Waals surface area contributed by atoms with Gasteiger partial charge in [0.2, 0.25) is 6.29 Å². The number of ether oxygens (including phenoxy) is 2. The minimum Gasteiger partial charge on any atom is -0.425 e. The van der Waals surface area contributed by atoms with E-state index in [0.29, 0.717) is 6.42 Å². The number of nitrogens with two attached hydrogens (primary N) is 1. The average molecular weight is 217 g/mol.